The number of hydrogen-bond donors (Lipinski definition) is 0. The van der Waals surface area contributed by atoms with Crippen molar-refractivity contribution >= 4 is 27.8 Å². The maximum absolute atomic E-state index is 13.8. The van der Waals surface area contributed by atoms with Crippen LogP contribution in [0.25, 0.3) is 21.9 Å². The summed E-state index contributed by atoms with van der Waals surface area (Å²) in [4.78, 5) is 33.2. The Bertz CT molecular complexity index is 1500. The number of pyridine rings is 1. The van der Waals surface area contributed by atoms with Crippen LogP contribution in [0.3, 0.4) is 0 Å². The Morgan fingerprint density at radius 2 is 1.61 bits per heavy atom. The summed E-state index contributed by atoms with van der Waals surface area (Å²) in [6, 6.07) is 26.3. The second-order valence-electron chi connectivity index (χ2n) is 7.98. The largest absolute Gasteiger partial charge is 0.463 e. The molecule has 0 aliphatic rings. The Hall–Kier alpha value is -4.25. The SMILES string of the molecule is CC(c1ccccc1)N(Cc1ccnc2ccccc12)C(=O)c1coc2ccccc2c1=O. The number of benzene rings is 3. The van der Waals surface area contributed by atoms with Crippen molar-refractivity contribution in [2.45, 2.75) is 19.5 Å². The van der Waals surface area contributed by atoms with Gasteiger partial charge in [-0.2, -0.15) is 0 Å². The smallest absolute Gasteiger partial charge is 0.261 e. The van der Waals surface area contributed by atoms with Crippen LogP contribution in [0.4, 0.5) is 0 Å². The quantitative estimate of drug-likeness (QED) is 0.354. The maximum atomic E-state index is 13.8. The second-order valence-corrected chi connectivity index (χ2v) is 7.98. The van der Waals surface area contributed by atoms with Crippen molar-refractivity contribution in [2.75, 3.05) is 0 Å². The summed E-state index contributed by atoms with van der Waals surface area (Å²) in [5.74, 6) is -0.369. The number of amides is 1. The molecule has 5 aromatic rings. The van der Waals surface area contributed by atoms with Gasteiger partial charge in [0.2, 0.25) is 5.43 Å². The van der Waals surface area contributed by atoms with Gasteiger partial charge in [0.05, 0.1) is 16.9 Å². The summed E-state index contributed by atoms with van der Waals surface area (Å²) in [5, 5.41) is 1.37. The Balaban J connectivity index is 1.62. The van der Waals surface area contributed by atoms with Gasteiger partial charge in [-0.15, -0.1) is 0 Å². The topological polar surface area (TPSA) is 63.4 Å². The molecule has 0 saturated carbocycles. The highest BCUT2D eigenvalue weighted by Gasteiger charge is 2.26. The second kappa shape index (κ2) is 8.71. The third-order valence-corrected chi connectivity index (χ3v) is 6.00. The van der Waals surface area contributed by atoms with E-state index < -0.39 is 0 Å². The molecule has 0 aliphatic heterocycles. The minimum atomic E-state index is -0.369. The van der Waals surface area contributed by atoms with E-state index in [0.29, 0.717) is 17.5 Å². The van der Waals surface area contributed by atoms with E-state index in [0.717, 1.165) is 22.0 Å². The van der Waals surface area contributed by atoms with Gasteiger partial charge in [0.25, 0.3) is 5.91 Å². The highest BCUT2D eigenvalue weighted by atomic mass is 16.3. The van der Waals surface area contributed by atoms with E-state index in [4.69, 9.17) is 4.42 Å². The number of fused-ring (bicyclic) bond motifs is 2. The summed E-state index contributed by atoms with van der Waals surface area (Å²) in [5.41, 5.74) is 2.96. The molecule has 5 nitrogen and oxygen atoms in total. The lowest BCUT2D eigenvalue weighted by Gasteiger charge is -2.30. The molecule has 0 fully saturated rings. The number of hydrogen-bond acceptors (Lipinski definition) is 4. The van der Waals surface area contributed by atoms with Crippen LogP contribution in [0.2, 0.25) is 0 Å². The van der Waals surface area contributed by atoms with Gasteiger partial charge < -0.3 is 9.32 Å². The van der Waals surface area contributed by atoms with E-state index in [1.165, 1.54) is 6.26 Å². The lowest BCUT2D eigenvalue weighted by atomic mass is 10.0. The van der Waals surface area contributed by atoms with Crippen LogP contribution >= 0.6 is 0 Å². The highest BCUT2D eigenvalue weighted by molar-refractivity contribution is 5.97. The van der Waals surface area contributed by atoms with E-state index in [2.05, 4.69) is 4.98 Å². The molecule has 0 spiro atoms. The molecule has 2 aromatic heterocycles. The van der Waals surface area contributed by atoms with Gasteiger partial charge in [-0.3, -0.25) is 14.6 Å². The molecule has 1 amide bonds. The van der Waals surface area contributed by atoms with Crippen LogP contribution in [0.15, 0.2) is 107 Å². The van der Waals surface area contributed by atoms with Gasteiger partial charge in [0, 0.05) is 18.1 Å². The zero-order chi connectivity index (χ0) is 22.8. The van der Waals surface area contributed by atoms with Crippen molar-refractivity contribution in [3.05, 3.63) is 124 Å². The third-order valence-electron chi connectivity index (χ3n) is 6.00. The van der Waals surface area contributed by atoms with Crippen molar-refractivity contribution in [3.8, 4) is 0 Å². The monoisotopic (exact) mass is 434 g/mol. The molecule has 0 aliphatic carbocycles. The lowest BCUT2D eigenvalue weighted by molar-refractivity contribution is 0.0671. The third kappa shape index (κ3) is 3.89. The predicted octanol–water partition coefficient (Wildman–Crippen LogP) is 5.74. The van der Waals surface area contributed by atoms with Crippen molar-refractivity contribution in [2.24, 2.45) is 0 Å². The standard InChI is InChI=1S/C28H22N2O3/c1-19(20-9-3-2-4-10-20)30(17-21-15-16-29-25-13-7-5-11-22(21)25)28(32)24-18-33-26-14-8-6-12-23(26)27(24)31/h2-16,18-19H,17H2,1H3. The number of para-hydroxylation sites is 2. The first-order chi connectivity index (χ1) is 16.1. The molecular weight excluding hydrogens is 412 g/mol. The van der Waals surface area contributed by atoms with Crippen LogP contribution in [0.1, 0.15) is 34.5 Å². The first-order valence-corrected chi connectivity index (χ1v) is 10.8. The number of carbonyl (C=O) groups is 1. The highest BCUT2D eigenvalue weighted by Crippen LogP contribution is 2.27. The fraction of sp³-hybridized carbons (Fsp3) is 0.107. The molecule has 2 heterocycles. The molecule has 1 atom stereocenters. The maximum Gasteiger partial charge on any atom is 0.261 e. The van der Waals surface area contributed by atoms with E-state index in [9.17, 15) is 9.59 Å². The summed E-state index contributed by atoms with van der Waals surface area (Å²) in [6.45, 7) is 2.30. The van der Waals surface area contributed by atoms with Crippen LogP contribution in [-0.4, -0.2) is 15.8 Å². The van der Waals surface area contributed by atoms with Gasteiger partial charge in [-0.25, -0.2) is 0 Å². The summed E-state index contributed by atoms with van der Waals surface area (Å²) in [6.07, 6.45) is 3.03. The molecular formula is C28H22N2O3. The molecule has 3 aromatic carbocycles. The minimum Gasteiger partial charge on any atom is -0.463 e. The molecule has 33 heavy (non-hydrogen) atoms. The first kappa shape index (κ1) is 20.6. The van der Waals surface area contributed by atoms with Crippen molar-refractivity contribution < 1.29 is 9.21 Å². The lowest BCUT2D eigenvalue weighted by Crippen LogP contribution is -2.36. The van der Waals surface area contributed by atoms with Gasteiger partial charge >= 0.3 is 0 Å². The number of aromatic nitrogens is 1. The zero-order valence-corrected chi connectivity index (χ0v) is 18.1. The van der Waals surface area contributed by atoms with Gasteiger partial charge in [-0.05, 0) is 42.3 Å². The molecule has 1 unspecified atom stereocenters. The Morgan fingerprint density at radius 1 is 0.909 bits per heavy atom. The summed E-state index contributed by atoms with van der Waals surface area (Å²) in [7, 11) is 0. The average molecular weight is 434 g/mol. The molecule has 0 saturated heterocycles. The average Bonchev–Trinajstić information content (AvgIpc) is 2.87. The minimum absolute atomic E-state index is 0.0230. The van der Waals surface area contributed by atoms with Crippen LogP contribution in [-0.2, 0) is 6.54 Å². The molecule has 0 radical (unpaired) electrons. The molecule has 0 bridgehead atoms. The predicted molar refractivity (Wildman–Crippen MR) is 129 cm³/mol. The van der Waals surface area contributed by atoms with Crippen LogP contribution in [0.5, 0.6) is 0 Å². The molecule has 162 valence electrons. The Labute approximate surface area is 190 Å². The molecule has 5 rings (SSSR count). The van der Waals surface area contributed by atoms with Gasteiger partial charge in [0.1, 0.15) is 17.4 Å². The summed E-state index contributed by atoms with van der Waals surface area (Å²) >= 11 is 0. The summed E-state index contributed by atoms with van der Waals surface area (Å²) < 4.78 is 5.64. The molecule has 5 heteroatoms. The van der Waals surface area contributed by atoms with E-state index in [1.807, 2.05) is 67.6 Å². The normalized spacial score (nSPS) is 12.0. The molecule has 0 N–H and O–H groups in total. The van der Waals surface area contributed by atoms with Crippen molar-refractivity contribution in [1.82, 2.24) is 9.88 Å². The van der Waals surface area contributed by atoms with Crippen LogP contribution in [0, 0.1) is 0 Å². The Morgan fingerprint density at radius 3 is 2.42 bits per heavy atom. The zero-order valence-electron chi connectivity index (χ0n) is 18.1. The Kier molecular flexibility index (Phi) is 5.45. The number of rotatable bonds is 5. The fourth-order valence-electron chi connectivity index (χ4n) is 4.15. The number of nitrogens with zero attached hydrogens (tertiary/aromatic N) is 2. The van der Waals surface area contributed by atoms with E-state index in [-0.39, 0.29) is 22.9 Å². The van der Waals surface area contributed by atoms with Gasteiger partial charge in [-0.1, -0.05) is 60.7 Å². The van der Waals surface area contributed by atoms with Crippen molar-refractivity contribution in [3.63, 3.8) is 0 Å². The fourth-order valence-corrected chi connectivity index (χ4v) is 4.15. The van der Waals surface area contributed by atoms with Crippen LogP contribution < -0.4 is 5.43 Å². The first-order valence-electron chi connectivity index (χ1n) is 10.8. The number of carbonyl (C=O) groups excluding carboxylic acids is 1. The van der Waals surface area contributed by atoms with E-state index >= 15 is 0 Å². The van der Waals surface area contributed by atoms with Gasteiger partial charge in [0.15, 0.2) is 0 Å². The van der Waals surface area contributed by atoms with E-state index in [1.54, 1.807) is 35.4 Å². The van der Waals surface area contributed by atoms with Crippen molar-refractivity contribution in [1.29, 1.82) is 0 Å².